The largest absolute Gasteiger partial charge is 0.367 e. The van der Waals surface area contributed by atoms with Gasteiger partial charge in [-0.1, -0.05) is 12.1 Å². The van der Waals surface area contributed by atoms with Crippen molar-refractivity contribution in [1.82, 2.24) is 19.3 Å². The van der Waals surface area contributed by atoms with Gasteiger partial charge in [-0.05, 0) is 26.8 Å². The van der Waals surface area contributed by atoms with Crippen LogP contribution in [0.3, 0.4) is 0 Å². The number of nitro groups is 1. The Bertz CT molecular complexity index is 1110. The monoisotopic (exact) mass is 443 g/mol. The lowest BCUT2D eigenvalue weighted by atomic mass is 9.98. The fraction of sp³-hybridized carbons (Fsp3) is 0.429. The molecule has 10 heteroatoms. The Kier molecular flexibility index (Phi) is 5.78. The first kappa shape index (κ1) is 21.4. The van der Waals surface area contributed by atoms with E-state index in [1.807, 2.05) is 36.7 Å². The van der Waals surface area contributed by atoms with Crippen LogP contribution < -0.4 is 0 Å². The molecule has 3 aromatic rings. The number of hydrogen-bond donors (Lipinski definition) is 0. The predicted octanol–water partition coefficient (Wildman–Crippen LogP) is 3.59. The zero-order chi connectivity index (χ0) is 22.2. The standard InChI is InChI=1S/C21H25N5O4S/c1-21(2,3)19(27)30-24-10-8-23(9-11-24)12-15-13-25-18(14-31-20(25)22-15)16-6-4-5-7-17(16)26(28)29/h4-7,13-14H,8-12H2,1-3H3. The quantitative estimate of drug-likeness (QED) is 0.439. The van der Waals surface area contributed by atoms with Crippen LogP contribution in [-0.2, 0) is 16.2 Å². The van der Waals surface area contributed by atoms with E-state index in [2.05, 4.69) is 4.90 Å². The van der Waals surface area contributed by atoms with E-state index in [-0.39, 0.29) is 16.6 Å². The maximum absolute atomic E-state index is 12.1. The Morgan fingerprint density at radius 3 is 2.61 bits per heavy atom. The van der Waals surface area contributed by atoms with Crippen LogP contribution in [0.2, 0.25) is 0 Å². The SMILES string of the molecule is CC(C)(C)C(=O)ON1CCN(Cc2cn3c(-c4ccccc4[N+](=O)[O-])csc3n2)CC1. The van der Waals surface area contributed by atoms with Crippen LogP contribution >= 0.6 is 11.3 Å². The van der Waals surface area contributed by atoms with Crippen molar-refractivity contribution in [2.24, 2.45) is 5.41 Å². The van der Waals surface area contributed by atoms with E-state index in [1.165, 1.54) is 17.4 Å². The van der Waals surface area contributed by atoms with Crippen molar-refractivity contribution >= 4 is 28.0 Å². The number of nitro benzene ring substituents is 1. The zero-order valence-corrected chi connectivity index (χ0v) is 18.6. The summed E-state index contributed by atoms with van der Waals surface area (Å²) in [6, 6.07) is 6.75. The summed E-state index contributed by atoms with van der Waals surface area (Å²) in [5.41, 5.74) is 1.82. The average Bonchev–Trinajstić information content (AvgIpc) is 3.28. The van der Waals surface area contributed by atoms with Crippen molar-refractivity contribution in [3.63, 3.8) is 0 Å². The Hall–Kier alpha value is -2.82. The Morgan fingerprint density at radius 1 is 1.23 bits per heavy atom. The molecule has 1 aliphatic rings. The molecule has 3 heterocycles. The summed E-state index contributed by atoms with van der Waals surface area (Å²) in [4.78, 5) is 36.4. The number of hydrogen-bond acceptors (Lipinski definition) is 8. The number of carbonyl (C=O) groups is 1. The van der Waals surface area contributed by atoms with Crippen molar-refractivity contribution in [3.8, 4) is 11.3 Å². The van der Waals surface area contributed by atoms with Crippen LogP contribution in [-0.4, -0.2) is 56.4 Å². The Labute approximate surface area is 184 Å². The van der Waals surface area contributed by atoms with Gasteiger partial charge in [0.25, 0.3) is 5.69 Å². The van der Waals surface area contributed by atoms with E-state index in [9.17, 15) is 14.9 Å². The van der Waals surface area contributed by atoms with E-state index in [0.29, 0.717) is 25.2 Å². The van der Waals surface area contributed by atoms with Crippen LogP contribution in [0.1, 0.15) is 26.5 Å². The van der Waals surface area contributed by atoms with E-state index in [1.54, 1.807) is 23.3 Å². The number of carbonyl (C=O) groups excluding carboxylic acids is 1. The number of piperazine rings is 1. The number of hydroxylamine groups is 2. The number of benzene rings is 1. The molecular weight excluding hydrogens is 418 g/mol. The van der Waals surface area contributed by atoms with Gasteiger partial charge in [-0.25, -0.2) is 9.78 Å². The molecule has 31 heavy (non-hydrogen) atoms. The molecule has 0 bridgehead atoms. The molecule has 1 aromatic carbocycles. The maximum Gasteiger partial charge on any atom is 0.330 e. The molecule has 164 valence electrons. The molecule has 1 aliphatic heterocycles. The number of imidazole rings is 1. The third-order valence-electron chi connectivity index (χ3n) is 5.18. The summed E-state index contributed by atoms with van der Waals surface area (Å²) >= 11 is 1.47. The third kappa shape index (κ3) is 4.60. The molecule has 1 saturated heterocycles. The molecule has 0 amide bonds. The molecule has 4 rings (SSSR count). The van der Waals surface area contributed by atoms with Gasteiger partial charge in [0.15, 0.2) is 4.96 Å². The minimum atomic E-state index is -0.523. The minimum absolute atomic E-state index is 0.0818. The second-order valence-corrected chi connectivity index (χ2v) is 9.45. The number of thiazole rings is 1. The van der Waals surface area contributed by atoms with Crippen molar-refractivity contribution < 1.29 is 14.6 Å². The highest BCUT2D eigenvalue weighted by atomic mass is 32.1. The molecule has 1 fully saturated rings. The van der Waals surface area contributed by atoms with Gasteiger partial charge in [-0.15, -0.1) is 16.4 Å². The lowest BCUT2D eigenvalue weighted by molar-refractivity contribution is -0.384. The number of para-hydroxylation sites is 1. The summed E-state index contributed by atoms with van der Waals surface area (Å²) < 4.78 is 1.92. The highest BCUT2D eigenvalue weighted by molar-refractivity contribution is 7.15. The highest BCUT2D eigenvalue weighted by Crippen LogP contribution is 2.33. The van der Waals surface area contributed by atoms with E-state index >= 15 is 0 Å². The van der Waals surface area contributed by atoms with Gasteiger partial charge in [-0.2, -0.15) is 0 Å². The molecule has 0 N–H and O–H groups in total. The molecule has 0 spiro atoms. The van der Waals surface area contributed by atoms with Crippen molar-refractivity contribution in [1.29, 1.82) is 0 Å². The van der Waals surface area contributed by atoms with E-state index in [0.717, 1.165) is 29.4 Å². The van der Waals surface area contributed by atoms with Crippen LogP contribution in [0, 0.1) is 15.5 Å². The van der Waals surface area contributed by atoms with Gasteiger partial charge in [0, 0.05) is 50.4 Å². The van der Waals surface area contributed by atoms with E-state index < -0.39 is 5.41 Å². The van der Waals surface area contributed by atoms with Crippen molar-refractivity contribution in [2.45, 2.75) is 27.3 Å². The first-order valence-electron chi connectivity index (χ1n) is 10.1. The topological polar surface area (TPSA) is 93.2 Å². The summed E-state index contributed by atoms with van der Waals surface area (Å²) in [7, 11) is 0. The van der Waals surface area contributed by atoms with Gasteiger partial charge < -0.3 is 4.84 Å². The number of aromatic nitrogens is 2. The molecule has 0 atom stereocenters. The fourth-order valence-corrected chi connectivity index (χ4v) is 4.30. The van der Waals surface area contributed by atoms with E-state index in [4.69, 9.17) is 9.82 Å². The van der Waals surface area contributed by atoms with Crippen LogP contribution in [0.15, 0.2) is 35.8 Å². The molecule has 0 saturated carbocycles. The van der Waals surface area contributed by atoms with Crippen LogP contribution in [0.5, 0.6) is 0 Å². The van der Waals surface area contributed by atoms with Gasteiger partial charge >= 0.3 is 5.97 Å². The Morgan fingerprint density at radius 2 is 1.94 bits per heavy atom. The predicted molar refractivity (Wildman–Crippen MR) is 118 cm³/mol. The number of nitrogens with zero attached hydrogens (tertiary/aromatic N) is 5. The van der Waals surface area contributed by atoms with Crippen LogP contribution in [0.4, 0.5) is 5.69 Å². The normalized spacial score (nSPS) is 16.0. The average molecular weight is 444 g/mol. The van der Waals surface area contributed by atoms with Gasteiger partial charge in [0.1, 0.15) is 0 Å². The smallest absolute Gasteiger partial charge is 0.330 e. The molecule has 0 unspecified atom stereocenters. The van der Waals surface area contributed by atoms with Crippen molar-refractivity contribution in [2.75, 3.05) is 26.2 Å². The van der Waals surface area contributed by atoms with Gasteiger partial charge in [0.2, 0.25) is 0 Å². The van der Waals surface area contributed by atoms with Crippen molar-refractivity contribution in [3.05, 3.63) is 51.7 Å². The number of fused-ring (bicyclic) bond motifs is 1. The molecular formula is C21H25N5O4S. The minimum Gasteiger partial charge on any atom is -0.367 e. The molecule has 9 nitrogen and oxygen atoms in total. The summed E-state index contributed by atoms with van der Waals surface area (Å²) in [5.74, 6) is -0.224. The summed E-state index contributed by atoms with van der Waals surface area (Å²) in [5, 5.41) is 15.0. The van der Waals surface area contributed by atoms with Gasteiger partial charge in [-0.3, -0.25) is 19.4 Å². The first-order chi connectivity index (χ1) is 14.7. The lowest BCUT2D eigenvalue weighted by Gasteiger charge is -2.34. The summed E-state index contributed by atoms with van der Waals surface area (Å²) in [6.07, 6.45) is 1.95. The first-order valence-corrected chi connectivity index (χ1v) is 11.0. The van der Waals surface area contributed by atoms with Crippen LogP contribution in [0.25, 0.3) is 16.2 Å². The maximum atomic E-state index is 12.1. The second kappa shape index (κ2) is 8.37. The molecule has 0 aliphatic carbocycles. The third-order valence-corrected chi connectivity index (χ3v) is 6.02. The lowest BCUT2D eigenvalue weighted by Crippen LogP contribution is -2.47. The zero-order valence-electron chi connectivity index (χ0n) is 17.8. The number of rotatable bonds is 5. The molecule has 0 radical (unpaired) electrons. The van der Waals surface area contributed by atoms with Gasteiger partial charge in [0.05, 0.1) is 27.3 Å². The summed E-state index contributed by atoms with van der Waals surface area (Å²) in [6.45, 7) is 9.01. The Balaban J connectivity index is 1.44. The highest BCUT2D eigenvalue weighted by Gasteiger charge is 2.28. The fourth-order valence-electron chi connectivity index (χ4n) is 3.41. The second-order valence-electron chi connectivity index (χ2n) is 8.61. The molecule has 2 aromatic heterocycles.